The first-order valence-electron chi connectivity index (χ1n) is 14.6. The summed E-state index contributed by atoms with van der Waals surface area (Å²) >= 11 is 0. The SMILES string of the molecule is CC(=O)C(C)(C)N.COc1ccc(C(C(=O)N2CCCC2)n2cnc(NC(=O)C(C)CCCc3ccccc3)c2)cc1. The van der Waals surface area contributed by atoms with Crippen molar-refractivity contribution in [3.63, 3.8) is 0 Å². The molecule has 4 rings (SSSR count). The number of ketones is 1. The molecule has 3 N–H and O–H groups in total. The van der Waals surface area contributed by atoms with Crippen LogP contribution in [0.2, 0.25) is 0 Å². The quantitative estimate of drug-likeness (QED) is 0.332. The van der Waals surface area contributed by atoms with Gasteiger partial charge in [-0.3, -0.25) is 14.4 Å². The number of aromatic nitrogens is 2. The molecule has 2 unspecified atom stereocenters. The van der Waals surface area contributed by atoms with Crippen LogP contribution in [0.15, 0.2) is 67.1 Å². The van der Waals surface area contributed by atoms with E-state index in [2.05, 4.69) is 22.4 Å². The zero-order valence-electron chi connectivity index (χ0n) is 25.5. The van der Waals surface area contributed by atoms with Gasteiger partial charge < -0.3 is 25.3 Å². The standard InChI is InChI=1S/C28H34N4O3.C5H11NO/c1-21(9-8-12-22-10-4-3-5-11-22)27(33)30-25-19-32(20-29-25)26(28(34)31-17-6-7-18-31)23-13-15-24(35-2)16-14-23;1-4(7)5(2,3)6/h3-5,10-11,13-16,19-21,26H,6-9,12,17-18H2,1-2H3,(H,30,33);6H2,1-3H3. The topological polar surface area (TPSA) is 120 Å². The summed E-state index contributed by atoms with van der Waals surface area (Å²) in [5.41, 5.74) is 6.83. The number of likely N-dealkylation sites (tertiary alicyclic amines) is 1. The van der Waals surface area contributed by atoms with Gasteiger partial charge in [-0.15, -0.1) is 0 Å². The van der Waals surface area contributed by atoms with Crippen LogP contribution in [0.25, 0.3) is 0 Å². The van der Waals surface area contributed by atoms with Crippen LogP contribution in [0.1, 0.15) is 70.5 Å². The Morgan fingerprint density at radius 3 is 2.24 bits per heavy atom. The number of hydrogen-bond donors (Lipinski definition) is 2. The highest BCUT2D eigenvalue weighted by Crippen LogP contribution is 2.26. The van der Waals surface area contributed by atoms with E-state index in [1.54, 1.807) is 38.0 Å². The minimum atomic E-state index is -0.639. The summed E-state index contributed by atoms with van der Waals surface area (Å²) in [5, 5.41) is 2.93. The van der Waals surface area contributed by atoms with E-state index in [-0.39, 0.29) is 23.5 Å². The number of carbonyl (C=O) groups is 3. The molecule has 1 aliphatic heterocycles. The van der Waals surface area contributed by atoms with Crippen molar-refractivity contribution in [2.75, 3.05) is 25.5 Å². The predicted molar refractivity (Wildman–Crippen MR) is 165 cm³/mol. The van der Waals surface area contributed by atoms with E-state index < -0.39 is 11.6 Å². The number of Topliss-reactive ketones (excluding diaryl/α,β-unsaturated/α-hetero) is 1. The smallest absolute Gasteiger partial charge is 0.250 e. The van der Waals surface area contributed by atoms with Gasteiger partial charge in [0.05, 0.1) is 19.0 Å². The van der Waals surface area contributed by atoms with Gasteiger partial charge in [0.25, 0.3) is 0 Å². The molecule has 9 heteroatoms. The third-order valence-corrected chi connectivity index (χ3v) is 7.53. The molecule has 9 nitrogen and oxygen atoms in total. The zero-order valence-corrected chi connectivity index (χ0v) is 25.5. The average Bonchev–Trinajstić information content (AvgIpc) is 3.67. The summed E-state index contributed by atoms with van der Waals surface area (Å²) in [5.74, 6) is 1.06. The molecule has 0 radical (unpaired) electrons. The highest BCUT2D eigenvalue weighted by atomic mass is 16.5. The van der Waals surface area contributed by atoms with E-state index in [0.29, 0.717) is 5.82 Å². The lowest BCUT2D eigenvalue weighted by Crippen LogP contribution is -2.39. The van der Waals surface area contributed by atoms with Gasteiger partial charge in [-0.25, -0.2) is 4.98 Å². The number of carbonyl (C=O) groups excluding carboxylic acids is 3. The molecule has 0 aliphatic carbocycles. The van der Waals surface area contributed by atoms with Crippen LogP contribution < -0.4 is 15.8 Å². The maximum Gasteiger partial charge on any atom is 0.250 e. The molecule has 0 spiro atoms. The van der Waals surface area contributed by atoms with Crippen LogP contribution in [-0.2, 0) is 20.8 Å². The lowest BCUT2D eigenvalue weighted by Gasteiger charge is -2.24. The minimum Gasteiger partial charge on any atom is -0.497 e. The molecule has 2 atom stereocenters. The van der Waals surface area contributed by atoms with Crippen LogP contribution in [0, 0.1) is 5.92 Å². The summed E-state index contributed by atoms with van der Waals surface area (Å²) < 4.78 is 7.07. The number of rotatable bonds is 11. The van der Waals surface area contributed by atoms with Gasteiger partial charge in [-0.2, -0.15) is 0 Å². The summed E-state index contributed by atoms with van der Waals surface area (Å²) in [6.45, 7) is 8.34. The van der Waals surface area contributed by atoms with Crippen molar-refractivity contribution in [3.8, 4) is 5.75 Å². The first-order valence-corrected chi connectivity index (χ1v) is 14.6. The molecule has 1 saturated heterocycles. The number of benzene rings is 2. The number of methoxy groups -OCH3 is 1. The maximum absolute atomic E-state index is 13.4. The number of imidazole rings is 1. The van der Waals surface area contributed by atoms with Crippen LogP contribution in [0.5, 0.6) is 5.75 Å². The molecule has 3 aromatic rings. The molecule has 42 heavy (non-hydrogen) atoms. The number of hydrogen-bond acceptors (Lipinski definition) is 6. The van der Waals surface area contributed by atoms with E-state index in [1.807, 2.05) is 54.3 Å². The molecular formula is C33H45N5O4. The van der Waals surface area contributed by atoms with Gasteiger partial charge in [-0.1, -0.05) is 49.4 Å². The Kier molecular flexibility index (Phi) is 11.9. The molecule has 2 heterocycles. The second kappa shape index (κ2) is 15.3. The molecule has 0 bridgehead atoms. The van der Waals surface area contributed by atoms with Crippen molar-refractivity contribution in [2.24, 2.45) is 11.7 Å². The normalized spacial score (nSPS) is 14.4. The number of aryl methyl sites for hydroxylation is 1. The zero-order chi connectivity index (χ0) is 30.7. The summed E-state index contributed by atoms with van der Waals surface area (Å²) in [4.78, 5) is 42.8. The van der Waals surface area contributed by atoms with Crippen molar-refractivity contribution < 1.29 is 19.1 Å². The van der Waals surface area contributed by atoms with E-state index in [9.17, 15) is 14.4 Å². The number of ether oxygens (including phenoxy) is 1. The number of nitrogens with one attached hydrogen (secondary N) is 1. The molecule has 0 saturated carbocycles. The highest BCUT2D eigenvalue weighted by Gasteiger charge is 2.29. The first kappa shape index (κ1) is 32.5. The monoisotopic (exact) mass is 575 g/mol. The Morgan fingerprint density at radius 1 is 1.05 bits per heavy atom. The largest absolute Gasteiger partial charge is 0.497 e. The predicted octanol–water partition coefficient (Wildman–Crippen LogP) is 5.01. The highest BCUT2D eigenvalue weighted by molar-refractivity contribution is 5.91. The van der Waals surface area contributed by atoms with Crippen molar-refractivity contribution >= 4 is 23.4 Å². The first-order chi connectivity index (χ1) is 20.0. The van der Waals surface area contributed by atoms with Crippen molar-refractivity contribution in [3.05, 3.63) is 78.2 Å². The lowest BCUT2D eigenvalue weighted by atomic mass is 10.0. The Hall–Kier alpha value is -3.98. The van der Waals surface area contributed by atoms with Gasteiger partial charge in [-0.05, 0) is 76.1 Å². The maximum atomic E-state index is 13.4. The van der Waals surface area contributed by atoms with Gasteiger partial charge in [0.2, 0.25) is 11.8 Å². The number of nitrogens with zero attached hydrogens (tertiary/aromatic N) is 3. The summed E-state index contributed by atoms with van der Waals surface area (Å²) in [6.07, 6.45) is 8.11. The van der Waals surface area contributed by atoms with Crippen LogP contribution >= 0.6 is 0 Å². The van der Waals surface area contributed by atoms with Gasteiger partial charge in [0.15, 0.2) is 5.82 Å². The van der Waals surface area contributed by atoms with E-state index >= 15 is 0 Å². The van der Waals surface area contributed by atoms with Gasteiger partial charge in [0, 0.05) is 25.2 Å². The van der Waals surface area contributed by atoms with E-state index in [4.69, 9.17) is 10.5 Å². The fourth-order valence-corrected chi connectivity index (χ4v) is 4.52. The van der Waals surface area contributed by atoms with Crippen molar-refractivity contribution in [1.29, 1.82) is 0 Å². The van der Waals surface area contributed by atoms with Crippen LogP contribution in [-0.4, -0.2) is 57.8 Å². The number of nitrogens with two attached hydrogens (primary N) is 1. The molecular weight excluding hydrogens is 530 g/mol. The van der Waals surface area contributed by atoms with Gasteiger partial charge in [0.1, 0.15) is 17.6 Å². The second-order valence-electron chi connectivity index (χ2n) is 11.5. The summed E-state index contributed by atoms with van der Waals surface area (Å²) in [6, 6.07) is 17.3. The van der Waals surface area contributed by atoms with Crippen molar-refractivity contribution in [2.45, 2.75) is 71.4 Å². The van der Waals surface area contributed by atoms with Crippen LogP contribution in [0.4, 0.5) is 5.82 Å². The molecule has 1 aliphatic rings. The Bertz CT molecular complexity index is 1290. The van der Waals surface area contributed by atoms with Crippen molar-refractivity contribution in [1.82, 2.24) is 14.5 Å². The van der Waals surface area contributed by atoms with E-state index in [1.165, 1.54) is 12.5 Å². The molecule has 1 fully saturated rings. The minimum absolute atomic E-state index is 0.0208. The van der Waals surface area contributed by atoms with Gasteiger partial charge >= 0.3 is 0 Å². The Labute approximate surface area is 249 Å². The third-order valence-electron chi connectivity index (χ3n) is 7.53. The molecule has 226 valence electrons. The number of anilines is 1. The van der Waals surface area contributed by atoms with Crippen LogP contribution in [0.3, 0.4) is 0 Å². The Balaban J connectivity index is 0.000000616. The number of amides is 2. The molecule has 1 aromatic heterocycles. The second-order valence-corrected chi connectivity index (χ2v) is 11.5. The molecule has 2 aromatic carbocycles. The summed E-state index contributed by atoms with van der Waals surface area (Å²) in [7, 11) is 1.62. The fraction of sp³-hybridized carbons (Fsp3) is 0.455. The molecule has 2 amide bonds. The lowest BCUT2D eigenvalue weighted by molar-refractivity contribution is -0.132. The van der Waals surface area contributed by atoms with E-state index in [0.717, 1.165) is 56.5 Å². The fourth-order valence-electron chi connectivity index (χ4n) is 4.52. The third kappa shape index (κ3) is 9.55. The average molecular weight is 576 g/mol. The Morgan fingerprint density at radius 2 is 1.67 bits per heavy atom.